The predicted molar refractivity (Wildman–Crippen MR) is 126 cm³/mol. The van der Waals surface area contributed by atoms with Crippen LogP contribution in [0.5, 0.6) is 5.75 Å². The molecule has 1 aliphatic rings. The molecule has 0 spiro atoms. The van der Waals surface area contributed by atoms with E-state index < -0.39 is 0 Å². The van der Waals surface area contributed by atoms with Gasteiger partial charge in [0.1, 0.15) is 5.75 Å². The van der Waals surface area contributed by atoms with E-state index in [1.165, 1.54) is 41.5 Å². The van der Waals surface area contributed by atoms with Gasteiger partial charge in [-0.15, -0.1) is 16.4 Å². The number of hydrogen-bond donors (Lipinski definition) is 1. The first kappa shape index (κ1) is 22.8. The first-order chi connectivity index (χ1) is 15.7. The summed E-state index contributed by atoms with van der Waals surface area (Å²) in [6.07, 6.45) is 3.67. The highest BCUT2D eigenvalue weighted by atomic mass is 32.2. The van der Waals surface area contributed by atoms with E-state index in [2.05, 4.69) is 37.9 Å². The largest absolute Gasteiger partial charge is 0.497 e. The second-order valence-corrected chi connectivity index (χ2v) is 9.65. The Labute approximate surface area is 196 Å². The molecule has 0 aliphatic carbocycles. The van der Waals surface area contributed by atoms with Crippen LogP contribution in [0.15, 0.2) is 46.9 Å². The lowest BCUT2D eigenvalue weighted by atomic mass is 10.0. The lowest BCUT2D eigenvalue weighted by Gasteiger charge is -2.35. The van der Waals surface area contributed by atoms with Gasteiger partial charge in [-0.1, -0.05) is 36.4 Å². The number of rotatable bonds is 10. The number of nitrogens with zero attached hydrogens (tertiary/aromatic N) is 5. The van der Waals surface area contributed by atoms with Crippen LogP contribution in [0.25, 0.3) is 0 Å². The fourth-order valence-corrected chi connectivity index (χ4v) is 5.25. The lowest BCUT2D eigenvalue weighted by molar-refractivity contribution is -0.118. The SMILES string of the molecule is COc1ccc([C@@H](CNC(=O)CSc2nnnn2Cc2cccs2)N2CCCCC2)cc1. The van der Waals surface area contributed by atoms with Crippen molar-refractivity contribution in [3.63, 3.8) is 0 Å². The van der Waals surface area contributed by atoms with Crippen molar-refractivity contribution >= 4 is 29.0 Å². The van der Waals surface area contributed by atoms with Gasteiger partial charge in [-0.05, 0) is 65.5 Å². The van der Waals surface area contributed by atoms with Gasteiger partial charge in [-0.2, -0.15) is 0 Å². The van der Waals surface area contributed by atoms with Crippen LogP contribution in [0, 0.1) is 0 Å². The Morgan fingerprint density at radius 2 is 2.03 bits per heavy atom. The molecule has 1 atom stereocenters. The Morgan fingerprint density at radius 3 is 2.75 bits per heavy atom. The van der Waals surface area contributed by atoms with Crippen LogP contribution >= 0.6 is 23.1 Å². The number of carbonyl (C=O) groups is 1. The number of thiophene rings is 1. The van der Waals surface area contributed by atoms with E-state index in [1.54, 1.807) is 23.1 Å². The molecule has 1 aliphatic heterocycles. The summed E-state index contributed by atoms with van der Waals surface area (Å²) in [7, 11) is 1.67. The number of methoxy groups -OCH3 is 1. The molecule has 2 aromatic heterocycles. The summed E-state index contributed by atoms with van der Waals surface area (Å²) in [6, 6.07) is 12.4. The van der Waals surface area contributed by atoms with Crippen molar-refractivity contribution in [2.75, 3.05) is 32.5 Å². The molecular weight excluding hydrogens is 444 g/mol. The minimum absolute atomic E-state index is 0.0174. The standard InChI is InChI=1S/C22H28N6O2S2/c1-30-18-9-7-17(8-10-18)20(27-11-3-2-4-12-27)14-23-21(29)16-32-22-24-25-26-28(22)15-19-6-5-13-31-19/h5-10,13,20H,2-4,11-12,14-16H2,1H3,(H,23,29)/t20-/m1/s1. The average Bonchev–Trinajstić information content (AvgIpc) is 3.51. The molecule has 32 heavy (non-hydrogen) atoms. The first-order valence-corrected chi connectivity index (χ1v) is 12.7. The zero-order valence-corrected chi connectivity index (χ0v) is 19.8. The number of hydrogen-bond acceptors (Lipinski definition) is 8. The maximum atomic E-state index is 12.6. The van der Waals surface area contributed by atoms with Crippen LogP contribution in [0.3, 0.4) is 0 Å². The smallest absolute Gasteiger partial charge is 0.230 e. The van der Waals surface area contributed by atoms with E-state index in [-0.39, 0.29) is 17.7 Å². The van der Waals surface area contributed by atoms with Gasteiger partial charge in [0.15, 0.2) is 0 Å². The van der Waals surface area contributed by atoms with E-state index in [0.717, 1.165) is 18.8 Å². The zero-order chi connectivity index (χ0) is 22.2. The maximum absolute atomic E-state index is 12.6. The fourth-order valence-electron chi connectivity index (χ4n) is 3.85. The van der Waals surface area contributed by atoms with Crippen LogP contribution in [-0.2, 0) is 11.3 Å². The van der Waals surface area contributed by atoms with Crippen LogP contribution < -0.4 is 10.1 Å². The zero-order valence-electron chi connectivity index (χ0n) is 18.1. The first-order valence-electron chi connectivity index (χ1n) is 10.8. The van der Waals surface area contributed by atoms with E-state index in [0.29, 0.717) is 18.2 Å². The Balaban J connectivity index is 1.33. The van der Waals surface area contributed by atoms with Crippen molar-refractivity contribution in [3.05, 3.63) is 52.2 Å². The van der Waals surface area contributed by atoms with E-state index in [9.17, 15) is 4.79 Å². The monoisotopic (exact) mass is 472 g/mol. The highest BCUT2D eigenvalue weighted by Gasteiger charge is 2.23. The highest BCUT2D eigenvalue weighted by Crippen LogP contribution is 2.26. The number of amides is 1. The quantitative estimate of drug-likeness (QED) is 0.454. The molecule has 1 amide bonds. The number of likely N-dealkylation sites (tertiary alicyclic amines) is 1. The third kappa shape index (κ3) is 6.08. The van der Waals surface area contributed by atoms with Gasteiger partial charge in [0, 0.05) is 11.4 Å². The van der Waals surface area contributed by atoms with Gasteiger partial charge in [0.2, 0.25) is 11.1 Å². The minimum atomic E-state index is -0.0174. The summed E-state index contributed by atoms with van der Waals surface area (Å²) >= 11 is 3.02. The van der Waals surface area contributed by atoms with Crippen molar-refractivity contribution < 1.29 is 9.53 Å². The Hall–Kier alpha value is -2.43. The van der Waals surface area contributed by atoms with Gasteiger partial charge in [-0.3, -0.25) is 9.69 Å². The molecular formula is C22H28N6O2S2. The fraction of sp³-hybridized carbons (Fsp3) is 0.455. The summed E-state index contributed by atoms with van der Waals surface area (Å²) in [5, 5.41) is 17.7. The third-order valence-corrected chi connectivity index (χ3v) is 7.36. The van der Waals surface area contributed by atoms with E-state index >= 15 is 0 Å². The number of piperidine rings is 1. The van der Waals surface area contributed by atoms with Crippen molar-refractivity contribution in [2.24, 2.45) is 0 Å². The van der Waals surface area contributed by atoms with Gasteiger partial charge < -0.3 is 10.1 Å². The summed E-state index contributed by atoms with van der Waals surface area (Å²) in [4.78, 5) is 16.3. The molecule has 0 unspecified atom stereocenters. The molecule has 1 fully saturated rings. The number of tetrazole rings is 1. The Morgan fingerprint density at radius 1 is 1.22 bits per heavy atom. The minimum Gasteiger partial charge on any atom is -0.497 e. The van der Waals surface area contributed by atoms with Crippen molar-refractivity contribution in [2.45, 2.75) is 37.0 Å². The second-order valence-electron chi connectivity index (χ2n) is 7.68. The topological polar surface area (TPSA) is 85.2 Å². The molecule has 3 heterocycles. The number of benzene rings is 1. The van der Waals surface area contributed by atoms with Crippen LogP contribution in [0.2, 0.25) is 0 Å². The molecule has 0 radical (unpaired) electrons. The third-order valence-electron chi connectivity index (χ3n) is 5.54. The van der Waals surface area contributed by atoms with Gasteiger partial charge >= 0.3 is 0 Å². The number of carbonyl (C=O) groups excluding carboxylic acids is 1. The van der Waals surface area contributed by atoms with Gasteiger partial charge in [0.05, 0.1) is 25.4 Å². The molecule has 8 nitrogen and oxygen atoms in total. The molecule has 4 rings (SSSR count). The van der Waals surface area contributed by atoms with Crippen LogP contribution in [0.4, 0.5) is 0 Å². The second kappa shape index (κ2) is 11.4. The van der Waals surface area contributed by atoms with Crippen LogP contribution in [0.1, 0.15) is 35.7 Å². The Kier molecular flexibility index (Phi) is 8.13. The average molecular weight is 473 g/mol. The molecule has 1 N–H and O–H groups in total. The molecule has 1 aromatic carbocycles. The number of nitrogens with one attached hydrogen (secondary N) is 1. The summed E-state index contributed by atoms with van der Waals surface area (Å²) in [6.45, 7) is 3.30. The number of aromatic nitrogens is 4. The molecule has 170 valence electrons. The highest BCUT2D eigenvalue weighted by molar-refractivity contribution is 7.99. The molecule has 0 saturated carbocycles. The molecule has 10 heteroatoms. The molecule has 1 saturated heterocycles. The molecule has 3 aromatic rings. The predicted octanol–water partition coefficient (Wildman–Crippen LogP) is 3.23. The van der Waals surface area contributed by atoms with Crippen molar-refractivity contribution in [3.8, 4) is 5.75 Å². The Bertz CT molecular complexity index is 971. The van der Waals surface area contributed by atoms with Crippen molar-refractivity contribution in [1.82, 2.24) is 30.4 Å². The lowest BCUT2D eigenvalue weighted by Crippen LogP contribution is -2.41. The number of thioether (sulfide) groups is 1. The van der Waals surface area contributed by atoms with E-state index in [1.807, 2.05) is 29.6 Å². The van der Waals surface area contributed by atoms with Gasteiger partial charge in [-0.25, -0.2) is 4.68 Å². The van der Waals surface area contributed by atoms with Gasteiger partial charge in [0.25, 0.3) is 0 Å². The normalized spacial score (nSPS) is 15.4. The molecule has 0 bridgehead atoms. The van der Waals surface area contributed by atoms with Crippen LogP contribution in [-0.4, -0.2) is 63.5 Å². The number of ether oxygens (including phenoxy) is 1. The van der Waals surface area contributed by atoms with Crippen molar-refractivity contribution in [1.29, 1.82) is 0 Å². The summed E-state index contributed by atoms with van der Waals surface area (Å²) in [5.74, 6) is 1.10. The summed E-state index contributed by atoms with van der Waals surface area (Å²) in [5.41, 5.74) is 1.19. The van der Waals surface area contributed by atoms with E-state index in [4.69, 9.17) is 4.74 Å². The maximum Gasteiger partial charge on any atom is 0.230 e. The summed E-state index contributed by atoms with van der Waals surface area (Å²) < 4.78 is 7.03.